The SMILES string of the molecule is CC(C)(C)C=C(C#N)C(=O)N1CCC[C@@H]1Cn1c(NC(=O)c2ccc(-c3cnco3)s2)nc2cc(CNCc3ncco3)ccc21. The number of nitriles is 1. The quantitative estimate of drug-likeness (QED) is 0.143. The van der Waals surface area contributed by atoms with Crippen molar-refractivity contribution >= 4 is 40.1 Å². The summed E-state index contributed by atoms with van der Waals surface area (Å²) in [5.41, 5.74) is 2.36. The fourth-order valence-corrected chi connectivity index (χ4v) is 6.40. The number of imidazole rings is 1. The van der Waals surface area contributed by atoms with Crippen LogP contribution in [0, 0.1) is 16.7 Å². The Hall–Kier alpha value is -5.06. The van der Waals surface area contributed by atoms with Gasteiger partial charge in [-0.2, -0.15) is 5.26 Å². The first-order valence-corrected chi connectivity index (χ1v) is 15.8. The lowest BCUT2D eigenvalue weighted by Gasteiger charge is -2.26. The maximum atomic E-state index is 13.5. The highest BCUT2D eigenvalue weighted by atomic mass is 32.1. The second-order valence-corrected chi connectivity index (χ2v) is 13.3. The Morgan fingerprint density at radius 3 is 2.80 bits per heavy atom. The molecule has 2 amide bonds. The van der Waals surface area contributed by atoms with Crippen molar-refractivity contribution < 1.29 is 18.4 Å². The maximum absolute atomic E-state index is 13.5. The van der Waals surface area contributed by atoms with Gasteiger partial charge in [0.1, 0.15) is 17.9 Å². The minimum Gasteiger partial charge on any atom is -0.448 e. The van der Waals surface area contributed by atoms with Gasteiger partial charge in [-0.05, 0) is 48.1 Å². The van der Waals surface area contributed by atoms with Gasteiger partial charge in [-0.1, -0.05) is 32.9 Å². The summed E-state index contributed by atoms with van der Waals surface area (Å²) in [4.78, 5) is 43.0. The molecule has 2 N–H and O–H groups in total. The standard InChI is InChI=1S/C33H34N8O4S/c1-33(2,3)14-22(15-34)31(43)40-11-4-5-23(40)19-41-25-7-6-21(16-35-18-29-37-10-12-44-29)13-24(25)38-32(41)39-30(42)28-9-8-27(46-28)26-17-36-20-45-26/h6-10,12-14,17,20,23,35H,4-5,11,16,18-19H2,1-3H3,(H,38,39,42)/t23-/m1/s1. The highest BCUT2D eigenvalue weighted by Crippen LogP contribution is 2.30. The van der Waals surface area contributed by atoms with Gasteiger partial charge >= 0.3 is 0 Å². The summed E-state index contributed by atoms with van der Waals surface area (Å²) in [5.74, 6) is 0.989. The van der Waals surface area contributed by atoms with Crippen LogP contribution in [0.25, 0.3) is 21.7 Å². The smallest absolute Gasteiger partial charge is 0.268 e. The second-order valence-electron chi connectivity index (χ2n) is 12.2. The Morgan fingerprint density at radius 1 is 1.20 bits per heavy atom. The van der Waals surface area contributed by atoms with Crippen molar-refractivity contribution in [2.24, 2.45) is 5.41 Å². The number of nitrogens with one attached hydrogen (secondary N) is 2. The Bertz CT molecular complexity index is 1910. The molecule has 5 heterocycles. The van der Waals surface area contributed by atoms with E-state index in [2.05, 4.69) is 26.7 Å². The molecule has 1 aromatic carbocycles. The normalized spacial score (nSPS) is 15.4. The highest BCUT2D eigenvalue weighted by Gasteiger charge is 2.32. The van der Waals surface area contributed by atoms with Gasteiger partial charge in [-0.3, -0.25) is 14.9 Å². The Morgan fingerprint density at radius 2 is 2.07 bits per heavy atom. The van der Waals surface area contributed by atoms with Crippen molar-refractivity contribution in [3.63, 3.8) is 0 Å². The van der Waals surface area contributed by atoms with E-state index >= 15 is 0 Å². The summed E-state index contributed by atoms with van der Waals surface area (Å²) in [6.45, 7) is 7.90. The Labute approximate surface area is 269 Å². The van der Waals surface area contributed by atoms with E-state index in [9.17, 15) is 14.9 Å². The van der Waals surface area contributed by atoms with Gasteiger partial charge in [0.05, 0.1) is 45.8 Å². The van der Waals surface area contributed by atoms with Crippen LogP contribution in [0.3, 0.4) is 0 Å². The van der Waals surface area contributed by atoms with Crippen molar-refractivity contribution in [2.45, 2.75) is 59.3 Å². The zero-order valence-electron chi connectivity index (χ0n) is 25.8. The van der Waals surface area contributed by atoms with Gasteiger partial charge in [-0.25, -0.2) is 15.0 Å². The number of hydrogen-bond acceptors (Lipinski definition) is 10. The number of carbonyl (C=O) groups excluding carboxylic acids is 2. The fourth-order valence-electron chi connectivity index (χ4n) is 5.55. The number of nitrogens with zero attached hydrogens (tertiary/aromatic N) is 6. The van der Waals surface area contributed by atoms with Gasteiger partial charge in [0.25, 0.3) is 11.8 Å². The summed E-state index contributed by atoms with van der Waals surface area (Å²) in [6.07, 6.45) is 9.42. The van der Waals surface area contributed by atoms with E-state index in [1.165, 1.54) is 24.0 Å². The number of amides is 2. The lowest BCUT2D eigenvalue weighted by Crippen LogP contribution is -2.39. The number of benzene rings is 1. The van der Waals surface area contributed by atoms with E-state index in [0.29, 0.717) is 54.2 Å². The fraction of sp³-hybridized carbons (Fsp3) is 0.333. The zero-order valence-corrected chi connectivity index (χ0v) is 26.6. The minimum atomic E-state index is -0.315. The molecular formula is C33H34N8O4S. The molecule has 6 rings (SSSR count). The number of rotatable bonds is 10. The van der Waals surface area contributed by atoms with E-state index in [1.807, 2.05) is 49.6 Å². The second kappa shape index (κ2) is 13.1. The van der Waals surface area contributed by atoms with E-state index < -0.39 is 0 Å². The van der Waals surface area contributed by atoms with Crippen LogP contribution >= 0.6 is 11.3 Å². The molecule has 0 saturated carbocycles. The first-order valence-electron chi connectivity index (χ1n) is 15.0. The number of aromatic nitrogens is 4. The highest BCUT2D eigenvalue weighted by molar-refractivity contribution is 7.17. The molecule has 1 saturated heterocycles. The van der Waals surface area contributed by atoms with Gasteiger partial charge < -0.3 is 23.6 Å². The molecule has 1 aliphatic rings. The molecule has 46 heavy (non-hydrogen) atoms. The molecule has 12 nitrogen and oxygen atoms in total. The monoisotopic (exact) mass is 638 g/mol. The lowest BCUT2D eigenvalue weighted by molar-refractivity contribution is -0.127. The van der Waals surface area contributed by atoms with Gasteiger partial charge in [0.15, 0.2) is 12.2 Å². The van der Waals surface area contributed by atoms with Crippen molar-refractivity contribution in [2.75, 3.05) is 11.9 Å². The number of carbonyl (C=O) groups is 2. The first kappa shape index (κ1) is 30.9. The van der Waals surface area contributed by atoms with Crippen molar-refractivity contribution in [3.05, 3.63) is 83.4 Å². The van der Waals surface area contributed by atoms with Crippen LogP contribution in [-0.2, 0) is 24.4 Å². The zero-order chi connectivity index (χ0) is 32.3. The summed E-state index contributed by atoms with van der Waals surface area (Å²) in [6, 6.07) is 11.5. The maximum Gasteiger partial charge on any atom is 0.268 e. The predicted octanol–water partition coefficient (Wildman–Crippen LogP) is 5.77. The molecule has 4 aromatic heterocycles. The molecular weight excluding hydrogens is 604 g/mol. The summed E-state index contributed by atoms with van der Waals surface area (Å²) >= 11 is 1.29. The van der Waals surface area contributed by atoms with Crippen molar-refractivity contribution in [1.29, 1.82) is 5.26 Å². The Kier molecular flexibility index (Phi) is 8.83. The topological polar surface area (TPSA) is 155 Å². The largest absolute Gasteiger partial charge is 0.448 e. The predicted molar refractivity (Wildman–Crippen MR) is 172 cm³/mol. The number of hydrogen-bond donors (Lipinski definition) is 2. The average Bonchev–Trinajstić information content (AvgIpc) is 3.86. The molecule has 5 aromatic rings. The van der Waals surface area contributed by atoms with Crippen LogP contribution in [0.5, 0.6) is 0 Å². The van der Waals surface area contributed by atoms with Gasteiger partial charge in [0, 0.05) is 19.6 Å². The molecule has 1 fully saturated rings. The lowest BCUT2D eigenvalue weighted by atomic mass is 9.93. The van der Waals surface area contributed by atoms with Gasteiger partial charge in [0.2, 0.25) is 11.8 Å². The van der Waals surface area contributed by atoms with E-state index in [4.69, 9.17) is 13.8 Å². The molecule has 236 valence electrons. The van der Waals surface area contributed by atoms with Crippen LogP contribution in [0.1, 0.15) is 54.7 Å². The number of thiophene rings is 1. The molecule has 0 bridgehead atoms. The summed E-state index contributed by atoms with van der Waals surface area (Å²) in [7, 11) is 0. The molecule has 0 unspecified atom stereocenters. The molecule has 13 heteroatoms. The molecule has 1 atom stereocenters. The number of likely N-dealkylation sites (tertiary alicyclic amines) is 1. The van der Waals surface area contributed by atoms with Crippen LogP contribution in [-0.4, -0.2) is 48.8 Å². The third-order valence-electron chi connectivity index (χ3n) is 7.59. The van der Waals surface area contributed by atoms with E-state index in [-0.39, 0.29) is 28.8 Å². The average molecular weight is 639 g/mol. The third-order valence-corrected chi connectivity index (χ3v) is 8.69. The van der Waals surface area contributed by atoms with Crippen molar-refractivity contribution in [1.82, 2.24) is 29.7 Å². The van der Waals surface area contributed by atoms with Crippen LogP contribution in [0.4, 0.5) is 5.95 Å². The Balaban J connectivity index is 1.28. The molecule has 0 radical (unpaired) electrons. The summed E-state index contributed by atoms with van der Waals surface area (Å²) < 4.78 is 12.6. The number of anilines is 1. The van der Waals surface area contributed by atoms with E-state index in [1.54, 1.807) is 29.4 Å². The first-order chi connectivity index (χ1) is 22.2. The third kappa shape index (κ3) is 6.93. The van der Waals surface area contributed by atoms with Crippen molar-refractivity contribution in [3.8, 4) is 16.7 Å². The number of oxazole rings is 2. The van der Waals surface area contributed by atoms with Gasteiger partial charge in [-0.15, -0.1) is 11.3 Å². The minimum absolute atomic E-state index is 0.144. The van der Waals surface area contributed by atoms with Crippen LogP contribution in [0.2, 0.25) is 0 Å². The summed E-state index contributed by atoms with van der Waals surface area (Å²) in [5, 5.41) is 16.1. The van der Waals surface area contributed by atoms with Crippen LogP contribution in [0.15, 0.2) is 75.9 Å². The van der Waals surface area contributed by atoms with E-state index in [0.717, 1.165) is 28.8 Å². The van der Waals surface area contributed by atoms with Crippen LogP contribution < -0.4 is 10.6 Å². The molecule has 1 aliphatic heterocycles. The number of fused-ring (bicyclic) bond motifs is 1. The number of allylic oxidation sites excluding steroid dienone is 1. The molecule has 0 spiro atoms. The molecule has 0 aliphatic carbocycles.